The van der Waals surface area contributed by atoms with Crippen LogP contribution in [0, 0.1) is 5.92 Å². The lowest BCUT2D eigenvalue weighted by Crippen LogP contribution is -2.73. The average molecular weight is 396 g/mol. The molecule has 0 bridgehead atoms. The number of nitrogens with zero attached hydrogens (tertiary/aromatic N) is 7. The van der Waals surface area contributed by atoms with Crippen molar-refractivity contribution in [2.24, 2.45) is 21.2 Å². The van der Waals surface area contributed by atoms with E-state index in [1.165, 1.54) is 34.1 Å². The second-order valence-corrected chi connectivity index (χ2v) is 6.28. The summed E-state index contributed by atoms with van der Waals surface area (Å²) in [5, 5.41) is 16.0. The number of quaternary nitrogens is 1. The minimum absolute atomic E-state index is 0.280. The van der Waals surface area contributed by atoms with E-state index in [9.17, 15) is 9.59 Å². The first-order valence-electron chi connectivity index (χ1n) is 9.50. The zero-order valence-electron chi connectivity index (χ0n) is 16.6. The topological polar surface area (TPSA) is 129 Å². The second kappa shape index (κ2) is 10.5. The Bertz CT molecular complexity index is 611. The molecule has 2 rings (SSSR count). The quantitative estimate of drug-likeness (QED) is 0.286. The number of amides is 3. The Morgan fingerprint density at radius 2 is 2.14 bits per heavy atom. The highest BCUT2D eigenvalue weighted by Crippen LogP contribution is 2.16. The van der Waals surface area contributed by atoms with Crippen molar-refractivity contribution >= 4 is 31.2 Å². The number of carbonyl (C=O) groups is 2. The highest BCUT2D eigenvalue weighted by atomic mass is 16.3. The third-order valence-corrected chi connectivity index (χ3v) is 4.46. The fraction of sp³-hybridized carbons (Fsp3) is 0.667. The summed E-state index contributed by atoms with van der Waals surface area (Å²) in [5.74, 6) is 0.405. The van der Waals surface area contributed by atoms with Gasteiger partial charge in [0.25, 0.3) is 0 Å². The number of nitrogens with one attached hydrogen (secondary N) is 4. The summed E-state index contributed by atoms with van der Waals surface area (Å²) in [5.41, 5.74) is 11.0. The van der Waals surface area contributed by atoms with E-state index in [4.69, 9.17) is 0 Å². The van der Waals surface area contributed by atoms with Crippen LogP contribution in [0.4, 0.5) is 4.79 Å². The van der Waals surface area contributed by atoms with Crippen LogP contribution in [-0.2, 0) is 4.79 Å². The van der Waals surface area contributed by atoms with Crippen molar-refractivity contribution in [3.8, 4) is 0 Å². The van der Waals surface area contributed by atoms with E-state index < -0.39 is 10.8 Å². The van der Waals surface area contributed by atoms with Crippen LogP contribution >= 0.6 is 0 Å². The molecular weight excluding hydrogens is 366 g/mol. The van der Waals surface area contributed by atoms with Gasteiger partial charge in [0.05, 0.1) is 17.6 Å². The van der Waals surface area contributed by atoms with Gasteiger partial charge in [-0.3, -0.25) is 10.2 Å². The highest BCUT2D eigenvalue weighted by Gasteiger charge is 2.47. The Labute approximate surface area is 164 Å². The maximum absolute atomic E-state index is 13.4. The summed E-state index contributed by atoms with van der Waals surface area (Å²) in [6.45, 7) is 6.95. The van der Waals surface area contributed by atoms with Gasteiger partial charge in [0.1, 0.15) is 6.21 Å². The molecule has 0 saturated carbocycles. The van der Waals surface area contributed by atoms with Crippen molar-refractivity contribution in [1.29, 1.82) is 0 Å². The van der Waals surface area contributed by atoms with Gasteiger partial charge < -0.3 is 0 Å². The van der Waals surface area contributed by atoms with E-state index >= 15 is 0 Å². The maximum Gasteiger partial charge on any atom is 0.510 e. The molecule has 0 aromatic rings. The number of hydrogen-bond donors (Lipinski definition) is 4. The molecule has 13 nitrogen and oxygen atoms in total. The van der Waals surface area contributed by atoms with E-state index in [1.807, 2.05) is 0 Å². The van der Waals surface area contributed by atoms with E-state index in [2.05, 4.69) is 51.1 Å². The molecule has 13 heteroatoms. The van der Waals surface area contributed by atoms with Gasteiger partial charge in [-0.2, -0.15) is 20.5 Å². The molecule has 0 radical (unpaired) electrons. The molecule has 2 heterocycles. The van der Waals surface area contributed by atoms with Crippen LogP contribution in [0.2, 0.25) is 0 Å². The Kier molecular flexibility index (Phi) is 8.10. The Morgan fingerprint density at radius 1 is 1.32 bits per heavy atom. The molecule has 28 heavy (non-hydrogen) atoms. The molecule has 0 aliphatic carbocycles. The zero-order chi connectivity index (χ0) is 20.4. The standard InChI is InChI=1S/C15H29N11O2/c1-4-7-8-14(5-2)11-20-26(19-10-9-16-22-26)15(28)23(6-3)25-21-17-12-24(25)18-13-27/h9-10,12-14,20-21H,4-8,11H2,1-3H3,(H-,18,19,22,27)/p+1. The Hall–Kier alpha value is -2.77. The lowest BCUT2D eigenvalue weighted by atomic mass is 10.00. The first-order chi connectivity index (χ1) is 13.6. The first-order valence-corrected chi connectivity index (χ1v) is 9.50. The third kappa shape index (κ3) is 4.94. The molecule has 156 valence electrons. The fourth-order valence-corrected chi connectivity index (χ4v) is 2.81. The summed E-state index contributed by atoms with van der Waals surface area (Å²) >= 11 is 0. The minimum atomic E-state index is -0.639. The summed E-state index contributed by atoms with van der Waals surface area (Å²) in [6.07, 6.45) is 9.04. The van der Waals surface area contributed by atoms with Crippen molar-refractivity contribution in [3.63, 3.8) is 0 Å². The molecule has 2 aliphatic rings. The van der Waals surface area contributed by atoms with E-state index in [0.717, 1.165) is 25.7 Å². The van der Waals surface area contributed by atoms with Gasteiger partial charge >= 0.3 is 6.03 Å². The maximum atomic E-state index is 13.4. The average Bonchev–Trinajstić information content (AvgIpc) is 3.17. The molecule has 0 saturated heterocycles. The molecule has 2 atom stereocenters. The number of rotatable bonds is 11. The lowest BCUT2D eigenvalue weighted by molar-refractivity contribution is -0.949. The lowest BCUT2D eigenvalue weighted by Gasteiger charge is -2.37. The first kappa shape index (κ1) is 21.5. The monoisotopic (exact) mass is 396 g/mol. The molecule has 0 fully saturated rings. The largest absolute Gasteiger partial charge is 0.510 e. The molecule has 0 aromatic heterocycles. The summed E-state index contributed by atoms with van der Waals surface area (Å²) in [6, 6.07) is -0.461. The van der Waals surface area contributed by atoms with Gasteiger partial charge in [-0.05, 0) is 24.4 Å². The molecule has 0 spiro atoms. The number of hydrogen-bond acceptors (Lipinski definition) is 10. The van der Waals surface area contributed by atoms with Gasteiger partial charge in [0.2, 0.25) is 6.41 Å². The van der Waals surface area contributed by atoms with Crippen molar-refractivity contribution in [2.75, 3.05) is 13.1 Å². The van der Waals surface area contributed by atoms with Crippen LogP contribution in [0.3, 0.4) is 0 Å². The molecule has 2 aliphatic heterocycles. The van der Waals surface area contributed by atoms with Crippen molar-refractivity contribution in [2.45, 2.75) is 46.5 Å². The van der Waals surface area contributed by atoms with E-state index in [1.54, 1.807) is 6.92 Å². The van der Waals surface area contributed by atoms with Crippen molar-refractivity contribution in [3.05, 3.63) is 0 Å². The molecule has 2 unspecified atom stereocenters. The van der Waals surface area contributed by atoms with Crippen molar-refractivity contribution in [1.82, 2.24) is 37.3 Å². The predicted octanol–water partition coefficient (Wildman–Crippen LogP) is 0.0124. The van der Waals surface area contributed by atoms with E-state index in [-0.39, 0.29) is 6.54 Å². The van der Waals surface area contributed by atoms with Gasteiger partial charge in [0.15, 0.2) is 6.34 Å². The Morgan fingerprint density at radius 3 is 2.75 bits per heavy atom. The van der Waals surface area contributed by atoms with Gasteiger partial charge in [0, 0.05) is 11.8 Å². The molecule has 3 amide bonds. The zero-order valence-corrected chi connectivity index (χ0v) is 16.6. The van der Waals surface area contributed by atoms with E-state index in [0.29, 0.717) is 18.9 Å². The SMILES string of the molecule is CCCCC(CC)CN[N+]1(C(=O)N(CC)N2NN=CN2NC=O)N=CC=NN1. The number of unbranched alkanes of at least 4 members (excludes halogenated alkanes) is 1. The number of hydrazone groups is 2. The second-order valence-electron chi connectivity index (χ2n) is 6.28. The smallest absolute Gasteiger partial charge is 0.277 e. The molecule has 4 N–H and O–H groups in total. The van der Waals surface area contributed by atoms with Crippen LogP contribution < -0.4 is 21.9 Å². The van der Waals surface area contributed by atoms with Gasteiger partial charge in [-0.1, -0.05) is 38.6 Å². The summed E-state index contributed by atoms with van der Waals surface area (Å²) < 4.78 is 0. The van der Waals surface area contributed by atoms with Crippen LogP contribution in [0.25, 0.3) is 0 Å². The predicted molar refractivity (Wildman–Crippen MR) is 104 cm³/mol. The number of hydrazine groups is 4. The minimum Gasteiger partial charge on any atom is -0.277 e. The van der Waals surface area contributed by atoms with Crippen LogP contribution in [0.15, 0.2) is 15.3 Å². The number of urea groups is 1. The van der Waals surface area contributed by atoms with Gasteiger partial charge in [-0.15, -0.1) is 15.6 Å². The number of carbonyl (C=O) groups excluding carboxylic acids is 2. The Balaban J connectivity index is 2.16. The van der Waals surface area contributed by atoms with Crippen LogP contribution in [-0.4, -0.2) is 64.5 Å². The summed E-state index contributed by atoms with van der Waals surface area (Å²) in [4.78, 5) is 23.6. The molecule has 0 aromatic carbocycles. The highest BCUT2D eigenvalue weighted by molar-refractivity contribution is 6.15. The summed E-state index contributed by atoms with van der Waals surface area (Å²) in [7, 11) is 0. The normalized spacial score (nSPS) is 21.9. The van der Waals surface area contributed by atoms with Crippen LogP contribution in [0.1, 0.15) is 46.5 Å². The van der Waals surface area contributed by atoms with Crippen molar-refractivity contribution < 1.29 is 14.4 Å². The van der Waals surface area contributed by atoms with Crippen LogP contribution in [0.5, 0.6) is 0 Å². The molecular formula is C15H30N11O2+. The fourth-order valence-electron chi connectivity index (χ4n) is 2.81. The van der Waals surface area contributed by atoms with Gasteiger partial charge in [-0.25, -0.2) is 0 Å². The third-order valence-electron chi connectivity index (χ3n) is 4.46.